The van der Waals surface area contributed by atoms with Crippen molar-refractivity contribution in [3.05, 3.63) is 70.5 Å². The first-order chi connectivity index (χ1) is 10.1. The monoisotopic (exact) mass is 284 g/mol. The molecule has 108 valence electrons. The van der Waals surface area contributed by atoms with Crippen LogP contribution in [0.3, 0.4) is 0 Å². The van der Waals surface area contributed by atoms with Gasteiger partial charge < -0.3 is 11.1 Å². The molecular formula is C17H17FN2O. The van der Waals surface area contributed by atoms with Gasteiger partial charge in [0.05, 0.1) is 6.04 Å². The number of nitrogens with two attached hydrogens (primary N) is 1. The Hall–Kier alpha value is -2.20. The highest BCUT2D eigenvalue weighted by atomic mass is 19.1. The van der Waals surface area contributed by atoms with Gasteiger partial charge in [-0.1, -0.05) is 30.3 Å². The summed E-state index contributed by atoms with van der Waals surface area (Å²) in [6, 6.07) is 11.7. The van der Waals surface area contributed by atoms with Crippen LogP contribution in [0.25, 0.3) is 0 Å². The Kier molecular flexibility index (Phi) is 3.47. The molecule has 1 aliphatic rings. The van der Waals surface area contributed by atoms with Crippen LogP contribution in [0.15, 0.2) is 42.5 Å². The summed E-state index contributed by atoms with van der Waals surface area (Å²) in [6.45, 7) is 1.79. The van der Waals surface area contributed by atoms with Crippen molar-refractivity contribution in [1.29, 1.82) is 0 Å². The van der Waals surface area contributed by atoms with Crippen molar-refractivity contribution in [3.8, 4) is 0 Å². The molecule has 0 heterocycles. The third-order valence-corrected chi connectivity index (χ3v) is 4.00. The molecule has 21 heavy (non-hydrogen) atoms. The maximum absolute atomic E-state index is 13.3. The van der Waals surface area contributed by atoms with Crippen LogP contribution in [0.2, 0.25) is 0 Å². The fraction of sp³-hybridized carbons (Fsp3) is 0.235. The summed E-state index contributed by atoms with van der Waals surface area (Å²) in [5, 5.41) is 2.94. The second-order valence-electron chi connectivity index (χ2n) is 5.48. The summed E-state index contributed by atoms with van der Waals surface area (Å²) in [4.78, 5) is 12.4. The number of carbonyl (C=O) groups is 1. The molecule has 0 fully saturated rings. The predicted molar refractivity (Wildman–Crippen MR) is 79.5 cm³/mol. The van der Waals surface area contributed by atoms with E-state index in [1.165, 1.54) is 12.1 Å². The van der Waals surface area contributed by atoms with E-state index in [1.54, 1.807) is 13.0 Å². The van der Waals surface area contributed by atoms with Crippen LogP contribution in [0.1, 0.15) is 33.1 Å². The summed E-state index contributed by atoms with van der Waals surface area (Å²) >= 11 is 0. The highest BCUT2D eigenvalue weighted by molar-refractivity contribution is 5.96. The van der Waals surface area contributed by atoms with E-state index in [4.69, 9.17) is 5.73 Å². The lowest BCUT2D eigenvalue weighted by Crippen LogP contribution is -2.38. The minimum atomic E-state index is -0.415. The molecule has 4 heteroatoms. The van der Waals surface area contributed by atoms with E-state index in [0.29, 0.717) is 5.56 Å². The normalized spacial score (nSPS) is 20.1. The standard InChI is InChI=1S/C17H17FN2O/c1-10-6-7-12(18)9-14(10)17(21)20-16-13-5-3-2-4-11(13)8-15(16)19/h2-7,9,15-16H,8,19H2,1H3,(H,20,21). The summed E-state index contributed by atoms with van der Waals surface area (Å²) < 4.78 is 13.3. The zero-order valence-electron chi connectivity index (χ0n) is 11.8. The molecule has 0 aromatic heterocycles. The van der Waals surface area contributed by atoms with Crippen LogP contribution in [0.5, 0.6) is 0 Å². The topological polar surface area (TPSA) is 55.1 Å². The lowest BCUT2D eigenvalue weighted by molar-refractivity contribution is 0.0932. The first kappa shape index (κ1) is 13.8. The van der Waals surface area contributed by atoms with E-state index in [1.807, 2.05) is 24.3 Å². The maximum Gasteiger partial charge on any atom is 0.252 e. The van der Waals surface area contributed by atoms with Crippen molar-refractivity contribution < 1.29 is 9.18 Å². The van der Waals surface area contributed by atoms with Gasteiger partial charge in [-0.2, -0.15) is 0 Å². The molecule has 3 N–H and O–H groups in total. The van der Waals surface area contributed by atoms with Gasteiger partial charge >= 0.3 is 0 Å². The Morgan fingerprint density at radius 2 is 2.05 bits per heavy atom. The van der Waals surface area contributed by atoms with Crippen LogP contribution in [-0.2, 0) is 6.42 Å². The number of carbonyl (C=O) groups excluding carboxylic acids is 1. The number of amides is 1. The van der Waals surface area contributed by atoms with Crippen LogP contribution in [0.4, 0.5) is 4.39 Å². The number of fused-ring (bicyclic) bond motifs is 1. The maximum atomic E-state index is 13.3. The second kappa shape index (κ2) is 5.30. The average molecular weight is 284 g/mol. The van der Waals surface area contributed by atoms with Gasteiger partial charge in [0.2, 0.25) is 0 Å². The van der Waals surface area contributed by atoms with Crippen molar-refractivity contribution >= 4 is 5.91 Å². The van der Waals surface area contributed by atoms with Gasteiger partial charge in [0, 0.05) is 11.6 Å². The Morgan fingerprint density at radius 3 is 2.86 bits per heavy atom. The minimum absolute atomic E-state index is 0.153. The van der Waals surface area contributed by atoms with E-state index < -0.39 is 5.82 Å². The van der Waals surface area contributed by atoms with E-state index in [2.05, 4.69) is 5.32 Å². The SMILES string of the molecule is Cc1ccc(F)cc1C(=O)NC1c2ccccc2CC1N. The van der Waals surface area contributed by atoms with Crippen LogP contribution in [-0.4, -0.2) is 11.9 Å². The van der Waals surface area contributed by atoms with Gasteiger partial charge in [-0.15, -0.1) is 0 Å². The van der Waals surface area contributed by atoms with Gasteiger partial charge in [-0.3, -0.25) is 4.79 Å². The molecule has 3 nitrogen and oxygen atoms in total. The number of benzene rings is 2. The molecule has 2 aromatic carbocycles. The molecular weight excluding hydrogens is 267 g/mol. The summed E-state index contributed by atoms with van der Waals surface area (Å²) in [7, 11) is 0. The van der Waals surface area contributed by atoms with Crippen LogP contribution < -0.4 is 11.1 Å². The molecule has 0 spiro atoms. The number of halogens is 1. The quantitative estimate of drug-likeness (QED) is 0.890. The van der Waals surface area contributed by atoms with Crippen molar-refractivity contribution in [2.75, 3.05) is 0 Å². The summed E-state index contributed by atoms with van der Waals surface area (Å²) in [6.07, 6.45) is 0.739. The highest BCUT2D eigenvalue weighted by Gasteiger charge is 2.31. The third kappa shape index (κ3) is 2.54. The predicted octanol–water partition coefficient (Wildman–Crippen LogP) is 2.49. The van der Waals surface area contributed by atoms with Crippen molar-refractivity contribution in [3.63, 3.8) is 0 Å². The zero-order chi connectivity index (χ0) is 15.0. The van der Waals surface area contributed by atoms with Gasteiger partial charge in [0.25, 0.3) is 5.91 Å². The third-order valence-electron chi connectivity index (χ3n) is 4.00. The molecule has 1 aliphatic carbocycles. The highest BCUT2D eigenvalue weighted by Crippen LogP contribution is 2.30. The molecule has 2 atom stereocenters. The Bertz CT molecular complexity index is 699. The number of hydrogen-bond donors (Lipinski definition) is 2. The molecule has 0 aliphatic heterocycles. The molecule has 1 amide bonds. The Balaban J connectivity index is 1.87. The molecule has 0 bridgehead atoms. The lowest BCUT2D eigenvalue weighted by atomic mass is 10.0. The molecule has 0 saturated carbocycles. The van der Waals surface area contributed by atoms with Gasteiger partial charge in [0.15, 0.2) is 0 Å². The number of hydrogen-bond acceptors (Lipinski definition) is 2. The van der Waals surface area contributed by atoms with Gasteiger partial charge in [0.1, 0.15) is 5.82 Å². The number of rotatable bonds is 2. The first-order valence-corrected chi connectivity index (χ1v) is 6.96. The van der Waals surface area contributed by atoms with Crippen LogP contribution in [0, 0.1) is 12.7 Å². The van der Waals surface area contributed by atoms with E-state index in [-0.39, 0.29) is 18.0 Å². The lowest BCUT2D eigenvalue weighted by Gasteiger charge is -2.19. The minimum Gasteiger partial charge on any atom is -0.344 e. The first-order valence-electron chi connectivity index (χ1n) is 6.96. The number of aryl methyl sites for hydroxylation is 1. The van der Waals surface area contributed by atoms with E-state index in [9.17, 15) is 9.18 Å². The summed E-state index contributed by atoms with van der Waals surface area (Å²) in [5.74, 6) is -0.703. The molecule has 2 aromatic rings. The van der Waals surface area contributed by atoms with Gasteiger partial charge in [-0.25, -0.2) is 4.39 Å². The molecule has 2 unspecified atom stereocenters. The van der Waals surface area contributed by atoms with Crippen molar-refractivity contribution in [1.82, 2.24) is 5.32 Å². The molecule has 3 rings (SSSR count). The second-order valence-corrected chi connectivity index (χ2v) is 5.48. The zero-order valence-corrected chi connectivity index (χ0v) is 11.8. The number of nitrogens with one attached hydrogen (secondary N) is 1. The summed E-state index contributed by atoms with van der Waals surface area (Å²) in [5.41, 5.74) is 9.44. The van der Waals surface area contributed by atoms with Gasteiger partial charge in [-0.05, 0) is 42.2 Å². The van der Waals surface area contributed by atoms with Crippen LogP contribution >= 0.6 is 0 Å². The smallest absolute Gasteiger partial charge is 0.252 e. The average Bonchev–Trinajstić information content (AvgIpc) is 2.78. The van der Waals surface area contributed by atoms with E-state index in [0.717, 1.165) is 23.1 Å². The Labute approximate surface area is 123 Å². The van der Waals surface area contributed by atoms with E-state index >= 15 is 0 Å². The fourth-order valence-electron chi connectivity index (χ4n) is 2.87. The Morgan fingerprint density at radius 1 is 1.29 bits per heavy atom. The fourth-order valence-corrected chi connectivity index (χ4v) is 2.87. The largest absolute Gasteiger partial charge is 0.344 e. The van der Waals surface area contributed by atoms with Crippen molar-refractivity contribution in [2.24, 2.45) is 5.73 Å². The molecule has 0 radical (unpaired) electrons. The molecule has 0 saturated heterocycles. The van der Waals surface area contributed by atoms with Crippen molar-refractivity contribution in [2.45, 2.75) is 25.4 Å².